The Balaban J connectivity index is 0.966. The Morgan fingerprint density at radius 3 is 2.48 bits per heavy atom. The Kier molecular flexibility index (Phi) is 12.7. The topological polar surface area (TPSA) is 143 Å². The molecule has 14 heteroatoms. The lowest BCUT2D eigenvalue weighted by Gasteiger charge is -2.35. The number of fused-ring (bicyclic) bond motifs is 2. The molecule has 0 saturated carbocycles. The second-order valence-electron chi connectivity index (χ2n) is 18.4. The number of ether oxygens (including phenoxy) is 2. The quantitative estimate of drug-likeness (QED) is 0.0699. The first-order valence-corrected chi connectivity index (χ1v) is 24.9. The molecule has 2 aromatic heterocycles. The molecule has 3 aliphatic rings. The number of carbonyl (C=O) groups excluding carboxylic acids is 5. The molecule has 2 fully saturated rings. The molecular formula is C47H56N6O7Si. The number of amides is 4. The molecule has 2 saturated heterocycles. The van der Waals surface area contributed by atoms with Crippen molar-refractivity contribution in [1.82, 2.24) is 24.3 Å². The fraction of sp³-hybridized carbons (Fsp3) is 0.447. The zero-order valence-corrected chi connectivity index (χ0v) is 37.3. The van der Waals surface area contributed by atoms with Crippen molar-refractivity contribution in [2.45, 2.75) is 109 Å². The Bertz CT molecular complexity index is 2420. The van der Waals surface area contributed by atoms with Gasteiger partial charge in [0.05, 0.1) is 11.6 Å². The zero-order chi connectivity index (χ0) is 43.6. The van der Waals surface area contributed by atoms with Gasteiger partial charge in [0.2, 0.25) is 5.91 Å². The van der Waals surface area contributed by atoms with Gasteiger partial charge in [-0.3, -0.25) is 29.0 Å². The molecule has 3 aliphatic heterocycles. The van der Waals surface area contributed by atoms with Gasteiger partial charge in [0.15, 0.2) is 0 Å². The summed E-state index contributed by atoms with van der Waals surface area (Å²) in [5.74, 6) is 5.58. The molecule has 5 heterocycles. The second-order valence-corrected chi connectivity index (χ2v) is 24.1. The van der Waals surface area contributed by atoms with E-state index < -0.39 is 31.7 Å². The number of aryl methyl sites for hydroxylation is 1. The van der Waals surface area contributed by atoms with Gasteiger partial charge in [-0.1, -0.05) is 49.7 Å². The normalized spacial score (nSPS) is 18.4. The molecule has 1 unspecified atom stereocenters. The predicted molar refractivity (Wildman–Crippen MR) is 236 cm³/mol. The van der Waals surface area contributed by atoms with E-state index in [1.807, 2.05) is 45.0 Å². The first-order chi connectivity index (χ1) is 29.0. The van der Waals surface area contributed by atoms with Crippen LogP contribution in [0.15, 0.2) is 60.8 Å². The molecule has 2 aromatic carbocycles. The molecule has 0 spiro atoms. The van der Waals surface area contributed by atoms with Crippen LogP contribution in [0.1, 0.15) is 102 Å². The molecule has 4 amide bonds. The number of carbonyl (C=O) groups is 5. The van der Waals surface area contributed by atoms with Crippen LogP contribution in [0.4, 0.5) is 10.6 Å². The van der Waals surface area contributed by atoms with Gasteiger partial charge in [-0.2, -0.15) is 0 Å². The minimum atomic E-state index is -1.33. The summed E-state index contributed by atoms with van der Waals surface area (Å²) in [6.45, 7) is 13.8. The molecule has 0 bridgehead atoms. The van der Waals surface area contributed by atoms with Gasteiger partial charge in [0, 0.05) is 74.1 Å². The number of benzene rings is 2. The van der Waals surface area contributed by atoms with Crippen molar-refractivity contribution in [2.24, 2.45) is 0 Å². The molecule has 4 aromatic rings. The van der Waals surface area contributed by atoms with Gasteiger partial charge >= 0.3 is 6.09 Å². The smallest absolute Gasteiger partial charge is 0.419 e. The van der Waals surface area contributed by atoms with E-state index in [9.17, 15) is 24.0 Å². The average Bonchev–Trinajstić information content (AvgIpc) is 3.90. The highest BCUT2D eigenvalue weighted by Gasteiger charge is 2.43. The summed E-state index contributed by atoms with van der Waals surface area (Å²) in [4.78, 5) is 76.1. The standard InChI is InChI=1S/C47H56N6O7Si/c1-47(2,3)60-46(58)53-39-27-41(48-28-34(39)26-40(53)37-16-11-23-50(37)4)49-43(55)33-19-17-31(18-20-33)12-8-9-13-32-14-10-15-35-36(32)29-51(44(35)56)38-21-22-42(54)52(45(38)57)30-59-24-25-61(5,6)7/h10,14-15,17-20,26-28,37-38H,8,11-12,16,21-25,29-30H2,1-7H3,(H,48,49,55)/t37-,38?/m1/s1. The number of anilines is 1. The number of nitrogens with zero attached hydrogens (tertiary/aromatic N) is 5. The van der Waals surface area contributed by atoms with Crippen molar-refractivity contribution in [3.8, 4) is 11.8 Å². The van der Waals surface area contributed by atoms with Crippen molar-refractivity contribution < 1.29 is 33.4 Å². The van der Waals surface area contributed by atoms with E-state index in [1.165, 1.54) is 0 Å². The van der Waals surface area contributed by atoms with E-state index in [0.29, 0.717) is 41.9 Å². The fourth-order valence-corrected chi connectivity index (χ4v) is 8.87. The van der Waals surface area contributed by atoms with Crippen LogP contribution in [0, 0.1) is 11.8 Å². The number of likely N-dealkylation sites (tertiary alicyclic amines) is 2. The van der Waals surface area contributed by atoms with E-state index in [0.717, 1.165) is 58.1 Å². The minimum Gasteiger partial charge on any atom is -0.443 e. The highest BCUT2D eigenvalue weighted by Crippen LogP contribution is 2.36. The molecule has 61 heavy (non-hydrogen) atoms. The third-order valence-corrected chi connectivity index (χ3v) is 13.1. The van der Waals surface area contributed by atoms with Crippen LogP contribution in [0.5, 0.6) is 0 Å². The molecule has 0 aliphatic carbocycles. The Morgan fingerprint density at radius 1 is 1.00 bits per heavy atom. The van der Waals surface area contributed by atoms with Gasteiger partial charge in [0.1, 0.15) is 24.2 Å². The summed E-state index contributed by atoms with van der Waals surface area (Å²) in [5.41, 5.74) is 4.29. The van der Waals surface area contributed by atoms with Gasteiger partial charge in [0.25, 0.3) is 17.7 Å². The SMILES string of the molecule is CN1CCC[C@@H]1c1cc2cnc(NC(=O)c3ccc(CCC#Cc4cccc5c4CN(C4CCC(=O)N(COCC[Si](C)(C)C)C4=O)C5=O)cc3)cc2n1C(=O)OC(C)(C)C. The van der Waals surface area contributed by atoms with E-state index in [-0.39, 0.29) is 49.9 Å². The second kappa shape index (κ2) is 17.8. The largest absolute Gasteiger partial charge is 0.443 e. The third-order valence-electron chi connectivity index (χ3n) is 11.4. The number of piperidine rings is 1. The van der Waals surface area contributed by atoms with Gasteiger partial charge in [-0.15, -0.1) is 0 Å². The van der Waals surface area contributed by atoms with Crippen molar-refractivity contribution in [3.05, 3.63) is 94.3 Å². The maximum Gasteiger partial charge on any atom is 0.419 e. The van der Waals surface area contributed by atoms with Gasteiger partial charge in [-0.05, 0) is 108 Å². The van der Waals surface area contributed by atoms with E-state index in [2.05, 4.69) is 53.7 Å². The molecule has 320 valence electrons. The minimum absolute atomic E-state index is 0.0646. The van der Waals surface area contributed by atoms with Crippen molar-refractivity contribution in [1.29, 1.82) is 0 Å². The molecule has 13 nitrogen and oxygen atoms in total. The lowest BCUT2D eigenvalue weighted by Crippen LogP contribution is -2.55. The van der Waals surface area contributed by atoms with Crippen LogP contribution in [-0.4, -0.2) is 101 Å². The van der Waals surface area contributed by atoms with E-state index in [1.54, 1.807) is 46.0 Å². The Hall–Kier alpha value is -5.62. The Labute approximate surface area is 358 Å². The van der Waals surface area contributed by atoms with Gasteiger partial charge in [-0.25, -0.2) is 14.3 Å². The van der Waals surface area contributed by atoms with Crippen LogP contribution >= 0.6 is 0 Å². The predicted octanol–water partition coefficient (Wildman–Crippen LogP) is 7.61. The molecule has 2 atom stereocenters. The summed E-state index contributed by atoms with van der Waals surface area (Å²) < 4.78 is 13.2. The highest BCUT2D eigenvalue weighted by molar-refractivity contribution is 6.76. The number of hydrogen-bond donors (Lipinski definition) is 1. The average molecular weight is 845 g/mol. The number of aromatic nitrogens is 2. The van der Waals surface area contributed by atoms with Crippen LogP contribution in [0.3, 0.4) is 0 Å². The van der Waals surface area contributed by atoms with Crippen LogP contribution in [0.2, 0.25) is 25.7 Å². The van der Waals surface area contributed by atoms with Crippen LogP contribution in [-0.2, 0) is 32.0 Å². The number of pyridine rings is 1. The fourth-order valence-electron chi connectivity index (χ4n) is 8.11. The third kappa shape index (κ3) is 9.96. The summed E-state index contributed by atoms with van der Waals surface area (Å²) in [5, 5.41) is 3.68. The van der Waals surface area contributed by atoms with Gasteiger partial charge < -0.3 is 19.7 Å². The maximum atomic E-state index is 13.6. The lowest BCUT2D eigenvalue weighted by atomic mass is 10.0. The number of imide groups is 1. The Morgan fingerprint density at radius 2 is 1.77 bits per heavy atom. The van der Waals surface area contributed by atoms with E-state index in [4.69, 9.17) is 9.47 Å². The first-order valence-electron chi connectivity index (χ1n) is 21.2. The molecular weight excluding hydrogens is 789 g/mol. The monoisotopic (exact) mass is 844 g/mol. The molecule has 0 radical (unpaired) electrons. The van der Waals surface area contributed by atoms with Crippen molar-refractivity contribution in [2.75, 3.05) is 32.2 Å². The number of nitrogens with one attached hydrogen (secondary N) is 1. The molecule has 1 N–H and O–H groups in total. The molecule has 7 rings (SSSR count). The van der Waals surface area contributed by atoms with Crippen molar-refractivity contribution in [3.63, 3.8) is 0 Å². The summed E-state index contributed by atoms with van der Waals surface area (Å²) in [6.07, 6.45) is 4.81. The summed E-state index contributed by atoms with van der Waals surface area (Å²) >= 11 is 0. The highest BCUT2D eigenvalue weighted by atomic mass is 28.3. The zero-order valence-electron chi connectivity index (χ0n) is 36.3. The first kappa shape index (κ1) is 43.5. The van der Waals surface area contributed by atoms with Crippen molar-refractivity contribution >= 4 is 54.5 Å². The number of rotatable bonds is 11. The maximum absolute atomic E-state index is 13.6. The lowest BCUT2D eigenvalue weighted by molar-refractivity contribution is -0.158. The summed E-state index contributed by atoms with van der Waals surface area (Å²) in [6, 6.07) is 16.7. The van der Waals surface area contributed by atoms with Crippen LogP contribution in [0.25, 0.3) is 10.9 Å². The van der Waals surface area contributed by atoms with Crippen LogP contribution < -0.4 is 5.32 Å². The number of hydrogen-bond acceptors (Lipinski definition) is 9. The van der Waals surface area contributed by atoms with E-state index >= 15 is 0 Å². The summed E-state index contributed by atoms with van der Waals surface area (Å²) in [7, 11) is 0.724.